The van der Waals surface area contributed by atoms with Crippen molar-refractivity contribution in [2.45, 2.75) is 38.0 Å². The predicted molar refractivity (Wildman–Crippen MR) is 99.0 cm³/mol. The maximum absolute atomic E-state index is 13.3. The number of rotatable bonds is 1. The molecule has 2 fully saturated rings. The molecule has 4 bridgehead atoms. The number of aromatic nitrogens is 1. The van der Waals surface area contributed by atoms with E-state index in [0.29, 0.717) is 6.61 Å². The fourth-order valence-electron chi connectivity index (χ4n) is 6.15. The smallest absolute Gasteiger partial charge is 0.320 e. The van der Waals surface area contributed by atoms with Gasteiger partial charge in [-0.25, -0.2) is 0 Å². The number of carbonyl (C=O) groups excluding carboxylic acids is 1. The Hall–Kier alpha value is -1.85. The van der Waals surface area contributed by atoms with Gasteiger partial charge in [0.15, 0.2) is 0 Å². The first-order valence-corrected chi connectivity index (χ1v) is 9.52. The molecule has 0 aliphatic carbocycles. The molecule has 3 aliphatic heterocycles. The Morgan fingerprint density at radius 2 is 2.12 bits per heavy atom. The van der Waals surface area contributed by atoms with Crippen LogP contribution in [0.4, 0.5) is 0 Å². The number of ether oxygens (including phenoxy) is 2. The Kier molecular flexibility index (Phi) is 3.35. The van der Waals surface area contributed by atoms with Crippen LogP contribution in [0.25, 0.3) is 10.9 Å². The molecule has 4 heterocycles. The molecule has 5 rings (SSSR count). The first kappa shape index (κ1) is 16.3. The zero-order valence-electron chi connectivity index (χ0n) is 15.9. The molecule has 26 heavy (non-hydrogen) atoms. The van der Waals surface area contributed by atoms with E-state index in [0.717, 1.165) is 18.7 Å². The minimum atomic E-state index is -0.702. The summed E-state index contributed by atoms with van der Waals surface area (Å²) in [6, 6.07) is 8.51. The van der Waals surface area contributed by atoms with E-state index in [2.05, 4.69) is 54.6 Å². The van der Waals surface area contributed by atoms with E-state index in [1.165, 1.54) is 23.6 Å². The van der Waals surface area contributed by atoms with E-state index in [1.54, 1.807) is 0 Å². The number of fused-ring (bicyclic) bond motifs is 5. The number of aryl methyl sites for hydroxylation is 1. The molecular formula is C21H26N2O3. The molecule has 1 aromatic carbocycles. The number of hydrogen-bond donors (Lipinski definition) is 0. The summed E-state index contributed by atoms with van der Waals surface area (Å²) in [5.74, 6) is 0.397. The number of nitrogens with zero attached hydrogens (tertiary/aromatic N) is 2. The van der Waals surface area contributed by atoms with Crippen molar-refractivity contribution < 1.29 is 14.3 Å². The zero-order chi connectivity index (χ0) is 18.2. The summed E-state index contributed by atoms with van der Waals surface area (Å²) in [6.07, 6.45) is 1.34. The van der Waals surface area contributed by atoms with Gasteiger partial charge in [-0.2, -0.15) is 0 Å². The minimum absolute atomic E-state index is 0.125. The number of piperidine rings is 1. The van der Waals surface area contributed by atoms with Gasteiger partial charge in [0.25, 0.3) is 0 Å². The number of methoxy groups -OCH3 is 1. The molecule has 0 N–H and O–H groups in total. The van der Waals surface area contributed by atoms with Crippen LogP contribution in [-0.2, 0) is 19.7 Å². The van der Waals surface area contributed by atoms with Gasteiger partial charge in [-0.15, -0.1) is 0 Å². The van der Waals surface area contributed by atoms with Crippen molar-refractivity contribution in [2.24, 2.45) is 11.8 Å². The van der Waals surface area contributed by atoms with Gasteiger partial charge in [0.05, 0.1) is 26.0 Å². The molecular weight excluding hydrogens is 328 g/mol. The highest BCUT2D eigenvalue weighted by Crippen LogP contribution is 2.58. The van der Waals surface area contributed by atoms with Gasteiger partial charge < -0.3 is 14.0 Å². The van der Waals surface area contributed by atoms with Crippen molar-refractivity contribution in [3.63, 3.8) is 0 Å². The third-order valence-corrected chi connectivity index (χ3v) is 7.20. The molecule has 138 valence electrons. The zero-order valence-corrected chi connectivity index (χ0v) is 15.9. The van der Waals surface area contributed by atoms with Crippen LogP contribution in [0.2, 0.25) is 0 Å². The van der Waals surface area contributed by atoms with Crippen molar-refractivity contribution in [3.05, 3.63) is 35.5 Å². The molecule has 2 aromatic rings. The van der Waals surface area contributed by atoms with Crippen molar-refractivity contribution in [3.8, 4) is 0 Å². The van der Waals surface area contributed by atoms with E-state index in [9.17, 15) is 4.79 Å². The lowest BCUT2D eigenvalue weighted by Gasteiger charge is -2.60. The minimum Gasteiger partial charge on any atom is -0.468 e. The summed E-state index contributed by atoms with van der Waals surface area (Å²) in [6.45, 7) is 5.71. The number of hydrogen-bond acceptors (Lipinski definition) is 4. The van der Waals surface area contributed by atoms with E-state index >= 15 is 0 Å². The second kappa shape index (κ2) is 5.33. The Bertz CT molecular complexity index is 904. The second-order valence-corrected chi connectivity index (χ2v) is 8.21. The lowest BCUT2D eigenvalue weighted by molar-refractivity contribution is -0.197. The van der Waals surface area contributed by atoms with Gasteiger partial charge in [0, 0.05) is 29.1 Å². The van der Waals surface area contributed by atoms with Crippen LogP contribution in [-0.4, -0.2) is 48.8 Å². The van der Waals surface area contributed by atoms with Crippen LogP contribution in [0, 0.1) is 18.8 Å². The molecule has 0 saturated carbocycles. The molecule has 5 atom stereocenters. The molecule has 0 amide bonds. The van der Waals surface area contributed by atoms with Gasteiger partial charge in [0.2, 0.25) is 0 Å². The fraction of sp³-hybridized carbons (Fsp3) is 0.571. The first-order chi connectivity index (χ1) is 12.5. The molecule has 1 aromatic heterocycles. The third-order valence-electron chi connectivity index (χ3n) is 7.20. The quantitative estimate of drug-likeness (QED) is 0.739. The predicted octanol–water partition coefficient (Wildman–Crippen LogP) is 2.86. The normalized spacial score (nSPS) is 36.0. The average Bonchev–Trinajstić information content (AvgIpc) is 2.95. The number of likely N-dealkylation sites (tertiary alicyclic amines) is 1. The van der Waals surface area contributed by atoms with Gasteiger partial charge in [-0.05, 0) is 44.9 Å². The topological polar surface area (TPSA) is 43.7 Å². The van der Waals surface area contributed by atoms with Crippen LogP contribution in [0.1, 0.15) is 30.8 Å². The summed E-state index contributed by atoms with van der Waals surface area (Å²) >= 11 is 0. The van der Waals surface area contributed by atoms with Crippen LogP contribution >= 0.6 is 0 Å². The van der Waals surface area contributed by atoms with Crippen molar-refractivity contribution in [1.82, 2.24) is 9.47 Å². The number of para-hydroxylation sites is 1. The highest BCUT2D eigenvalue weighted by molar-refractivity contribution is 5.92. The second-order valence-electron chi connectivity index (χ2n) is 8.21. The average molecular weight is 354 g/mol. The molecule has 0 unspecified atom stereocenters. The van der Waals surface area contributed by atoms with E-state index in [4.69, 9.17) is 9.47 Å². The van der Waals surface area contributed by atoms with Crippen LogP contribution in [0.5, 0.6) is 0 Å². The Morgan fingerprint density at radius 3 is 2.88 bits per heavy atom. The van der Waals surface area contributed by atoms with Crippen LogP contribution < -0.4 is 0 Å². The summed E-state index contributed by atoms with van der Waals surface area (Å²) in [5.41, 5.74) is 2.81. The number of benzene rings is 1. The van der Waals surface area contributed by atoms with Gasteiger partial charge in [-0.1, -0.05) is 18.2 Å². The summed E-state index contributed by atoms with van der Waals surface area (Å²) < 4.78 is 14.0. The highest BCUT2D eigenvalue weighted by atomic mass is 16.5. The Morgan fingerprint density at radius 1 is 1.35 bits per heavy atom. The highest BCUT2D eigenvalue weighted by Gasteiger charge is 2.64. The molecule has 3 aliphatic rings. The summed E-state index contributed by atoms with van der Waals surface area (Å²) in [4.78, 5) is 15.7. The largest absolute Gasteiger partial charge is 0.468 e. The lowest BCUT2D eigenvalue weighted by Crippen LogP contribution is -2.67. The lowest BCUT2D eigenvalue weighted by atomic mass is 9.58. The SMILES string of the molecule is COC(=O)[C@@]12CO[C@H](C)[C@@H]3[C@@H](N(C)CC[C@@H]31)n1c2c(C)c2ccccc21. The van der Waals surface area contributed by atoms with Gasteiger partial charge >= 0.3 is 5.97 Å². The van der Waals surface area contributed by atoms with Gasteiger partial charge in [0.1, 0.15) is 5.41 Å². The first-order valence-electron chi connectivity index (χ1n) is 9.52. The maximum atomic E-state index is 13.3. The molecule has 0 spiro atoms. The van der Waals surface area contributed by atoms with Gasteiger partial charge in [-0.3, -0.25) is 9.69 Å². The van der Waals surface area contributed by atoms with Crippen molar-refractivity contribution >= 4 is 16.9 Å². The standard InChI is InChI=1S/C21H26N2O3/c1-12-14-7-5-6-8-16(14)23-18(12)21(20(24)25-4)11-26-13(2)17-15(21)9-10-22(3)19(17)23/h5-8,13,15,17,19H,9-11H2,1-4H3/t13-,15+,17+,19+,21+/m1/s1. The van der Waals surface area contributed by atoms with Crippen molar-refractivity contribution in [2.75, 3.05) is 27.3 Å². The molecule has 5 heteroatoms. The summed E-state index contributed by atoms with van der Waals surface area (Å²) in [7, 11) is 3.70. The monoisotopic (exact) mass is 354 g/mol. The number of esters is 1. The van der Waals surface area contributed by atoms with Crippen molar-refractivity contribution in [1.29, 1.82) is 0 Å². The fourth-order valence-corrected chi connectivity index (χ4v) is 6.15. The van der Waals surface area contributed by atoms with Crippen LogP contribution in [0.3, 0.4) is 0 Å². The van der Waals surface area contributed by atoms with E-state index in [-0.39, 0.29) is 30.1 Å². The maximum Gasteiger partial charge on any atom is 0.320 e. The molecule has 5 nitrogen and oxygen atoms in total. The number of carbonyl (C=O) groups is 1. The third kappa shape index (κ3) is 1.71. The van der Waals surface area contributed by atoms with Crippen LogP contribution in [0.15, 0.2) is 24.3 Å². The summed E-state index contributed by atoms with van der Waals surface area (Å²) in [5, 5.41) is 1.23. The molecule has 0 radical (unpaired) electrons. The van der Waals surface area contributed by atoms with E-state index < -0.39 is 5.41 Å². The Labute approximate surface area is 153 Å². The Balaban J connectivity index is 1.93. The molecule has 2 saturated heterocycles. The van der Waals surface area contributed by atoms with E-state index in [1.807, 2.05) is 0 Å².